The predicted molar refractivity (Wildman–Crippen MR) is 305 cm³/mol. The summed E-state index contributed by atoms with van der Waals surface area (Å²) < 4.78 is 62.4. The first kappa shape index (κ1) is 56.1. The van der Waals surface area contributed by atoms with Crippen LogP contribution in [-0.2, 0) is 34.6 Å². The Morgan fingerprint density at radius 3 is 1.33 bits per heavy atom. The van der Waals surface area contributed by atoms with E-state index in [-0.39, 0.29) is 56.8 Å². The monoisotopic (exact) mass is 1130 g/mol. The molecule has 2 aliphatic rings. The number of aromatic nitrogens is 6. The van der Waals surface area contributed by atoms with Gasteiger partial charge >= 0.3 is 12.1 Å². The van der Waals surface area contributed by atoms with Crippen molar-refractivity contribution in [3.63, 3.8) is 0 Å². The zero-order chi connectivity index (χ0) is 57.7. The van der Waals surface area contributed by atoms with Gasteiger partial charge in [0.25, 0.3) is 11.8 Å². The first-order chi connectivity index (χ1) is 39.4. The third-order valence-corrected chi connectivity index (χ3v) is 15.2. The normalized spacial score (nSPS) is 14.7. The Bertz CT molecular complexity index is 3450. The second-order valence-corrected chi connectivity index (χ2v) is 21.1. The molecule has 422 valence electrons. The molecule has 6 N–H and O–H groups in total. The molecule has 6 amide bonds. The van der Waals surface area contributed by atoms with Gasteiger partial charge in [0, 0.05) is 79.9 Å². The van der Waals surface area contributed by atoms with Gasteiger partial charge in [-0.15, -0.1) is 0 Å². The zero-order valence-electron chi connectivity index (χ0n) is 45.2. The first-order valence-electron chi connectivity index (χ1n) is 25.7. The minimum Gasteiger partial charge on any atom is -0.457 e. The van der Waals surface area contributed by atoms with Crippen molar-refractivity contribution in [3.05, 3.63) is 168 Å². The van der Waals surface area contributed by atoms with Gasteiger partial charge in [-0.1, -0.05) is 42.3 Å². The molecule has 2 unspecified atom stereocenters. The molecule has 2 aliphatic heterocycles. The van der Waals surface area contributed by atoms with E-state index in [1.165, 1.54) is 75.1 Å². The van der Waals surface area contributed by atoms with Crippen LogP contribution >= 0.6 is 11.8 Å². The summed E-state index contributed by atoms with van der Waals surface area (Å²) in [7, 11) is 2.42. The number of halogens is 2. The highest BCUT2D eigenvalue weighted by molar-refractivity contribution is 8.00. The Morgan fingerprint density at radius 2 is 0.963 bits per heavy atom. The number of carbonyl (C=O) groups excluding carboxylic acids is 4. The van der Waals surface area contributed by atoms with Gasteiger partial charge in [0.05, 0.1) is 52.8 Å². The summed E-state index contributed by atoms with van der Waals surface area (Å²) in [5.41, 5.74) is 4.47. The van der Waals surface area contributed by atoms with Gasteiger partial charge in [0.2, 0.25) is 0 Å². The van der Waals surface area contributed by atoms with Gasteiger partial charge in [-0.2, -0.15) is 22.0 Å². The van der Waals surface area contributed by atoms with Crippen LogP contribution in [0.4, 0.5) is 53.0 Å². The number of carbonyl (C=O) groups is 4. The van der Waals surface area contributed by atoms with Gasteiger partial charge < -0.3 is 45.0 Å². The minimum absolute atomic E-state index is 0.00581. The number of hydrogen-bond donors (Lipinski definition) is 6. The van der Waals surface area contributed by atoms with E-state index in [2.05, 4.69) is 48.8 Å². The Morgan fingerprint density at radius 1 is 0.549 bits per heavy atom. The van der Waals surface area contributed by atoms with Crippen LogP contribution in [0.25, 0.3) is 11.4 Å². The maximum atomic E-state index is 15.5. The zero-order valence-corrected chi connectivity index (χ0v) is 46.0. The Kier molecular flexibility index (Phi) is 16.3. The number of hydrogen-bond acceptors (Lipinski definition) is 14. The van der Waals surface area contributed by atoms with Gasteiger partial charge in [-0.3, -0.25) is 20.2 Å². The number of nitrogens with zero attached hydrogens (tertiary/aromatic N) is 6. The number of thioether (sulfide) groups is 1. The molecular weight excluding hydrogens is 1080 g/mol. The number of methoxy groups -OCH3 is 2. The average molecular weight is 1140 g/mol. The summed E-state index contributed by atoms with van der Waals surface area (Å²) in [6.45, 7) is 9.07. The predicted octanol–water partition coefficient (Wildman–Crippen LogP) is 10.5. The van der Waals surface area contributed by atoms with Crippen LogP contribution in [0, 0.1) is 25.5 Å². The summed E-state index contributed by atoms with van der Waals surface area (Å²) in [6, 6.07) is 31.0. The van der Waals surface area contributed by atoms with Crippen LogP contribution in [0.2, 0.25) is 0 Å². The Labute approximate surface area is 473 Å². The van der Waals surface area contributed by atoms with Crippen molar-refractivity contribution in [2.75, 3.05) is 70.8 Å². The minimum atomic E-state index is -1.52. The van der Waals surface area contributed by atoms with Crippen LogP contribution < -0.4 is 41.4 Å². The van der Waals surface area contributed by atoms with Crippen molar-refractivity contribution in [2.24, 2.45) is 0 Å². The molecule has 0 radical (unpaired) electrons. The molecular formula is C58H56F2N12O9S. The van der Waals surface area contributed by atoms with Crippen molar-refractivity contribution in [1.82, 2.24) is 29.5 Å². The summed E-state index contributed by atoms with van der Waals surface area (Å²) in [4.78, 5) is 62.1. The molecule has 0 saturated carbocycles. The number of urea groups is 2. The molecule has 0 spiro atoms. The van der Waals surface area contributed by atoms with E-state index in [9.17, 15) is 19.2 Å². The van der Waals surface area contributed by atoms with Gasteiger partial charge in [-0.25, -0.2) is 37.7 Å². The molecule has 2 fully saturated rings. The van der Waals surface area contributed by atoms with Crippen molar-refractivity contribution >= 4 is 70.3 Å². The van der Waals surface area contributed by atoms with E-state index in [1.54, 1.807) is 15.4 Å². The molecule has 8 aromatic rings. The second-order valence-electron chi connectivity index (χ2n) is 20.1. The van der Waals surface area contributed by atoms with Crippen LogP contribution in [0.15, 0.2) is 134 Å². The molecule has 4 aromatic heterocycles. The lowest BCUT2D eigenvalue weighted by Crippen LogP contribution is -2.47. The van der Waals surface area contributed by atoms with Crippen LogP contribution in [0.1, 0.15) is 36.4 Å². The molecule has 0 aliphatic carbocycles. The van der Waals surface area contributed by atoms with Crippen molar-refractivity contribution in [2.45, 2.75) is 50.7 Å². The largest absolute Gasteiger partial charge is 0.457 e. The summed E-state index contributed by atoms with van der Waals surface area (Å²) in [5.74, 6) is -0.199. The van der Waals surface area contributed by atoms with E-state index >= 15 is 8.78 Å². The third-order valence-electron chi connectivity index (χ3n) is 13.5. The molecule has 2 atom stereocenters. The summed E-state index contributed by atoms with van der Waals surface area (Å²) >= 11 is 1.82. The third kappa shape index (κ3) is 12.7. The van der Waals surface area contributed by atoms with E-state index in [0.717, 1.165) is 57.5 Å². The molecule has 2 saturated heterocycles. The number of benzene rings is 4. The topological polar surface area (TPSA) is 248 Å². The number of anilines is 6. The quantitative estimate of drug-likeness (QED) is 0.0441. The van der Waals surface area contributed by atoms with Crippen molar-refractivity contribution in [3.8, 4) is 34.4 Å². The highest BCUT2D eigenvalue weighted by Crippen LogP contribution is 2.41. The fourth-order valence-electron chi connectivity index (χ4n) is 8.76. The SMILES string of the molecule is COC(C(=O)Nc1cc(Oc2ccc(NC(=O)Nc3cc(C4(C)COC4)nn3-c3ccc(C)cc3)c(F)c2)ccn1)C(OC)C(=O)Nc1cc(Oc2ccc(NC(=O)Nc3cc(C4(C)CSC4)nn3-c3ccc(C)cc3)c(F)c2)ccn1. The molecule has 24 heteroatoms. The number of amides is 6. The summed E-state index contributed by atoms with van der Waals surface area (Å²) in [6.07, 6.45) is -0.362. The highest BCUT2D eigenvalue weighted by atomic mass is 32.2. The van der Waals surface area contributed by atoms with Gasteiger partial charge in [0.15, 0.2) is 12.2 Å². The highest BCUT2D eigenvalue weighted by Gasteiger charge is 2.40. The van der Waals surface area contributed by atoms with Gasteiger partial charge in [0.1, 0.15) is 57.9 Å². The lowest BCUT2D eigenvalue weighted by atomic mass is 9.85. The van der Waals surface area contributed by atoms with E-state index in [0.29, 0.717) is 24.8 Å². The first-order valence-corrected chi connectivity index (χ1v) is 26.8. The van der Waals surface area contributed by atoms with Crippen LogP contribution in [-0.4, -0.2) is 105 Å². The standard InChI is InChI=1S/C58H56F2N12O9S/c1-33-7-11-35(12-8-33)71-49(27-45(69-71)57(3)29-79-30-57)67-55(75)63-43-17-15-37(23-41(43)59)80-39-19-21-61-47(25-39)65-53(73)51(77-5)52(78-6)54(74)66-48-26-40(20-22-62-48)81-38-16-18-44(42(60)24-38)64-56(76)68-50-28-46(58(4)31-82-32-58)70-72(50)36-13-9-34(2)10-14-36/h7-28,51-52H,29-32H2,1-6H3,(H,61,65,73)(H,62,66,74)(H2,63,67,75)(H2,64,68,76). The van der Waals surface area contributed by atoms with Crippen molar-refractivity contribution < 1.29 is 51.6 Å². The summed E-state index contributed by atoms with van der Waals surface area (Å²) in [5, 5.41) is 25.5. The van der Waals surface area contributed by atoms with E-state index in [1.807, 2.05) is 87.1 Å². The molecule has 21 nitrogen and oxygen atoms in total. The Hall–Kier alpha value is -9.23. The Balaban J connectivity index is 0.722. The molecule has 0 bridgehead atoms. The van der Waals surface area contributed by atoms with E-state index < -0.39 is 47.7 Å². The number of nitrogens with one attached hydrogen (secondary N) is 6. The molecule has 10 rings (SSSR count). The second kappa shape index (κ2) is 23.8. The number of ether oxygens (including phenoxy) is 5. The van der Waals surface area contributed by atoms with Crippen LogP contribution in [0.3, 0.4) is 0 Å². The molecule has 4 aromatic carbocycles. The number of aryl methyl sites for hydroxylation is 2. The van der Waals surface area contributed by atoms with Gasteiger partial charge in [-0.05, 0) is 81.4 Å². The maximum Gasteiger partial charge on any atom is 0.324 e. The van der Waals surface area contributed by atoms with E-state index in [4.69, 9.17) is 33.9 Å². The van der Waals surface area contributed by atoms with Crippen LogP contribution in [0.5, 0.6) is 23.0 Å². The average Bonchev–Trinajstić information content (AvgIpc) is 3.89. The molecule has 6 heterocycles. The maximum absolute atomic E-state index is 15.5. The fourth-order valence-corrected chi connectivity index (χ4v) is 9.87. The fraction of sp³-hybridized carbons (Fsp3) is 0.241. The number of pyridine rings is 2. The smallest absolute Gasteiger partial charge is 0.324 e. The lowest BCUT2D eigenvalue weighted by molar-refractivity contribution is -0.145. The molecule has 82 heavy (non-hydrogen) atoms. The van der Waals surface area contributed by atoms with Crippen molar-refractivity contribution in [1.29, 1.82) is 0 Å². The number of rotatable bonds is 19. The lowest BCUT2D eigenvalue weighted by Gasteiger charge is -2.36.